The van der Waals surface area contributed by atoms with Gasteiger partial charge in [-0.05, 0) is 43.4 Å². The van der Waals surface area contributed by atoms with Crippen LogP contribution in [-0.2, 0) is 16.0 Å². The Morgan fingerprint density at radius 1 is 1.30 bits per heavy atom. The number of benzene rings is 1. The lowest BCUT2D eigenvalue weighted by atomic mass is 9.85. The number of aromatic nitrogens is 1. The highest BCUT2D eigenvalue weighted by Gasteiger charge is 2.47. The van der Waals surface area contributed by atoms with Crippen molar-refractivity contribution in [3.8, 4) is 5.75 Å². The SMILES string of the molecule is COc1cc2[nH]c3c(c2cc1C)C[C@H]1C(=O)N[C@@H](C)C(=O)N1C3CC(C)C. The summed E-state index contributed by atoms with van der Waals surface area (Å²) in [5, 5.41) is 3.96. The zero-order valence-electron chi connectivity index (χ0n) is 16.6. The monoisotopic (exact) mass is 369 g/mol. The maximum atomic E-state index is 13.0. The van der Waals surface area contributed by atoms with E-state index in [2.05, 4.69) is 30.2 Å². The summed E-state index contributed by atoms with van der Waals surface area (Å²) in [5.74, 6) is 1.18. The molecule has 144 valence electrons. The number of hydrogen-bond acceptors (Lipinski definition) is 3. The molecule has 1 aromatic carbocycles. The molecule has 0 saturated carbocycles. The van der Waals surface area contributed by atoms with Gasteiger partial charge in [0, 0.05) is 29.1 Å². The summed E-state index contributed by atoms with van der Waals surface area (Å²) >= 11 is 0. The van der Waals surface area contributed by atoms with Gasteiger partial charge in [-0.3, -0.25) is 9.59 Å². The maximum absolute atomic E-state index is 13.0. The van der Waals surface area contributed by atoms with Crippen LogP contribution in [0.3, 0.4) is 0 Å². The molecule has 1 unspecified atom stereocenters. The van der Waals surface area contributed by atoms with Gasteiger partial charge in [0.25, 0.3) is 0 Å². The van der Waals surface area contributed by atoms with Crippen molar-refractivity contribution < 1.29 is 14.3 Å². The minimum atomic E-state index is -0.475. The van der Waals surface area contributed by atoms with Crippen LogP contribution in [-0.4, -0.2) is 40.9 Å². The van der Waals surface area contributed by atoms with Crippen molar-refractivity contribution in [1.82, 2.24) is 15.2 Å². The van der Waals surface area contributed by atoms with Crippen LogP contribution in [0.1, 0.15) is 50.1 Å². The van der Waals surface area contributed by atoms with Crippen molar-refractivity contribution >= 4 is 22.7 Å². The average molecular weight is 369 g/mol. The second-order valence-corrected chi connectivity index (χ2v) is 8.23. The smallest absolute Gasteiger partial charge is 0.246 e. The molecule has 0 bridgehead atoms. The summed E-state index contributed by atoms with van der Waals surface area (Å²) in [5.41, 5.74) is 4.28. The molecule has 2 N–H and O–H groups in total. The Morgan fingerprint density at radius 2 is 2.04 bits per heavy atom. The van der Waals surface area contributed by atoms with Crippen molar-refractivity contribution in [2.24, 2.45) is 5.92 Å². The molecule has 27 heavy (non-hydrogen) atoms. The zero-order chi connectivity index (χ0) is 19.5. The van der Waals surface area contributed by atoms with Crippen LogP contribution in [0, 0.1) is 12.8 Å². The number of fused-ring (bicyclic) bond motifs is 4. The highest BCUT2D eigenvalue weighted by atomic mass is 16.5. The van der Waals surface area contributed by atoms with E-state index in [1.807, 2.05) is 17.9 Å². The van der Waals surface area contributed by atoms with Crippen LogP contribution in [0.25, 0.3) is 10.9 Å². The van der Waals surface area contributed by atoms with E-state index in [0.29, 0.717) is 12.3 Å². The van der Waals surface area contributed by atoms with Crippen LogP contribution in [0.5, 0.6) is 5.75 Å². The summed E-state index contributed by atoms with van der Waals surface area (Å²) in [6, 6.07) is 3.11. The highest BCUT2D eigenvalue weighted by molar-refractivity contribution is 5.99. The Hall–Kier alpha value is -2.50. The maximum Gasteiger partial charge on any atom is 0.246 e. The lowest BCUT2D eigenvalue weighted by molar-refractivity contribution is -0.153. The number of piperazine rings is 1. The predicted molar refractivity (Wildman–Crippen MR) is 104 cm³/mol. The zero-order valence-corrected chi connectivity index (χ0v) is 16.6. The Bertz CT molecular complexity index is 930. The summed E-state index contributed by atoms with van der Waals surface area (Å²) in [4.78, 5) is 31.0. The second kappa shape index (κ2) is 6.29. The normalized spacial score (nSPS) is 24.8. The van der Waals surface area contributed by atoms with E-state index in [4.69, 9.17) is 4.74 Å². The first-order valence-corrected chi connectivity index (χ1v) is 9.63. The van der Waals surface area contributed by atoms with E-state index in [9.17, 15) is 9.59 Å². The first-order valence-electron chi connectivity index (χ1n) is 9.63. The van der Waals surface area contributed by atoms with Gasteiger partial charge in [-0.1, -0.05) is 13.8 Å². The molecular weight excluding hydrogens is 342 g/mol. The Morgan fingerprint density at radius 3 is 2.70 bits per heavy atom. The number of carbonyl (C=O) groups excluding carboxylic acids is 2. The predicted octanol–water partition coefficient (Wildman–Crippen LogP) is 2.84. The van der Waals surface area contributed by atoms with Crippen molar-refractivity contribution in [2.45, 2.75) is 58.7 Å². The number of H-pyrrole nitrogens is 1. The number of rotatable bonds is 3. The number of methoxy groups -OCH3 is 1. The molecule has 0 spiro atoms. The summed E-state index contributed by atoms with van der Waals surface area (Å²) in [6.45, 7) is 8.09. The molecule has 2 aliphatic rings. The van der Waals surface area contributed by atoms with Gasteiger partial charge in [0.15, 0.2) is 0 Å². The number of hydrogen-bond donors (Lipinski definition) is 2. The van der Waals surface area contributed by atoms with Gasteiger partial charge in [0.2, 0.25) is 11.8 Å². The molecule has 6 heteroatoms. The quantitative estimate of drug-likeness (QED) is 0.874. The minimum Gasteiger partial charge on any atom is -0.496 e. The fourth-order valence-corrected chi connectivity index (χ4v) is 4.58. The number of nitrogens with one attached hydrogen (secondary N) is 2. The standard InChI is InChI=1S/C21H27N3O3/c1-10(2)6-16-19-14(8-17-20(25)22-12(4)21(26)24(16)17)13-7-11(3)18(27-5)9-15(13)23-19/h7,9-10,12,16-17,23H,6,8H2,1-5H3,(H,22,25)/t12-,16?,17-/m0/s1. The third-order valence-electron chi connectivity index (χ3n) is 5.84. The number of carbonyl (C=O) groups is 2. The van der Waals surface area contributed by atoms with Crippen molar-refractivity contribution in [3.63, 3.8) is 0 Å². The lowest BCUT2D eigenvalue weighted by Gasteiger charge is -2.46. The van der Waals surface area contributed by atoms with Gasteiger partial charge >= 0.3 is 0 Å². The Kier molecular flexibility index (Phi) is 4.17. The minimum absolute atomic E-state index is 0.00307. The molecule has 2 aromatic rings. The van der Waals surface area contributed by atoms with Crippen LogP contribution in [0.4, 0.5) is 0 Å². The second-order valence-electron chi connectivity index (χ2n) is 8.23. The number of ether oxygens (including phenoxy) is 1. The van der Waals surface area contributed by atoms with E-state index in [0.717, 1.165) is 39.9 Å². The molecule has 0 aliphatic carbocycles. The number of amides is 2. The van der Waals surface area contributed by atoms with Gasteiger partial charge in [0.1, 0.15) is 17.8 Å². The highest BCUT2D eigenvalue weighted by Crippen LogP contribution is 2.42. The Balaban J connectivity index is 1.91. The van der Waals surface area contributed by atoms with Gasteiger partial charge in [-0.15, -0.1) is 0 Å². The van der Waals surface area contributed by atoms with Crippen LogP contribution in [0.2, 0.25) is 0 Å². The summed E-state index contributed by atoms with van der Waals surface area (Å²) in [6.07, 6.45) is 1.36. The molecule has 1 fully saturated rings. The largest absolute Gasteiger partial charge is 0.496 e. The van der Waals surface area contributed by atoms with Gasteiger partial charge < -0.3 is 19.9 Å². The van der Waals surface area contributed by atoms with E-state index < -0.39 is 12.1 Å². The molecule has 3 atom stereocenters. The molecule has 2 aliphatic heterocycles. The van der Waals surface area contributed by atoms with Gasteiger partial charge in [-0.25, -0.2) is 0 Å². The Labute approximate surface area is 159 Å². The molecule has 0 radical (unpaired) electrons. The first kappa shape index (κ1) is 17.9. The molecule has 3 heterocycles. The van der Waals surface area contributed by atoms with Crippen molar-refractivity contribution in [3.05, 3.63) is 29.0 Å². The molecule has 2 amide bonds. The summed E-state index contributed by atoms with van der Waals surface area (Å²) < 4.78 is 5.47. The van der Waals surface area contributed by atoms with Crippen LogP contribution in [0.15, 0.2) is 12.1 Å². The molecular formula is C21H27N3O3. The van der Waals surface area contributed by atoms with Crippen molar-refractivity contribution in [2.75, 3.05) is 7.11 Å². The van der Waals surface area contributed by atoms with Crippen molar-refractivity contribution in [1.29, 1.82) is 0 Å². The third kappa shape index (κ3) is 2.69. The van der Waals surface area contributed by atoms with E-state index >= 15 is 0 Å². The van der Waals surface area contributed by atoms with E-state index in [-0.39, 0.29) is 17.9 Å². The fraction of sp³-hybridized carbons (Fsp3) is 0.524. The lowest BCUT2D eigenvalue weighted by Crippen LogP contribution is -2.65. The van der Waals surface area contributed by atoms with Crippen LogP contribution >= 0.6 is 0 Å². The molecule has 6 nitrogen and oxygen atoms in total. The molecule has 1 aromatic heterocycles. The topological polar surface area (TPSA) is 74.4 Å². The number of nitrogens with zero attached hydrogens (tertiary/aromatic N) is 1. The van der Waals surface area contributed by atoms with E-state index in [1.54, 1.807) is 14.0 Å². The number of aryl methyl sites for hydroxylation is 1. The fourth-order valence-electron chi connectivity index (χ4n) is 4.58. The average Bonchev–Trinajstić information content (AvgIpc) is 2.96. The first-order chi connectivity index (χ1) is 12.8. The van der Waals surface area contributed by atoms with Crippen LogP contribution < -0.4 is 10.1 Å². The number of aromatic amines is 1. The molecule has 4 rings (SSSR count). The molecule has 1 saturated heterocycles. The van der Waals surface area contributed by atoms with Gasteiger partial charge in [0.05, 0.1) is 13.2 Å². The third-order valence-corrected chi connectivity index (χ3v) is 5.84. The summed E-state index contributed by atoms with van der Waals surface area (Å²) in [7, 11) is 1.67. The van der Waals surface area contributed by atoms with E-state index in [1.165, 1.54) is 0 Å². The van der Waals surface area contributed by atoms with Gasteiger partial charge in [-0.2, -0.15) is 0 Å².